The maximum atomic E-state index is 11.4. The number of carbonyl (C=O) groups is 1. The monoisotopic (exact) mass is 224 g/mol. The summed E-state index contributed by atoms with van der Waals surface area (Å²) in [7, 11) is 0. The number of nitrogens with one attached hydrogen (secondary N) is 1. The zero-order valence-electron chi connectivity index (χ0n) is 8.82. The van der Waals surface area contributed by atoms with Crippen molar-refractivity contribution in [1.29, 1.82) is 0 Å². The Morgan fingerprint density at radius 1 is 1.53 bits per heavy atom. The normalized spacial score (nSPS) is 10.0. The first-order valence-electron chi connectivity index (χ1n) is 4.84. The van der Waals surface area contributed by atoms with Gasteiger partial charge in [-0.25, -0.2) is 0 Å². The minimum Gasteiger partial charge on any atom is -0.326 e. The van der Waals surface area contributed by atoms with Crippen LogP contribution in [0.1, 0.15) is 12.0 Å². The summed E-state index contributed by atoms with van der Waals surface area (Å²) < 4.78 is 0. The Morgan fingerprint density at radius 3 is 3.00 bits per heavy atom. The second kappa shape index (κ2) is 6.48. The highest BCUT2D eigenvalue weighted by molar-refractivity contribution is 7.98. The van der Waals surface area contributed by atoms with Gasteiger partial charge in [-0.2, -0.15) is 11.8 Å². The molecule has 0 saturated heterocycles. The summed E-state index contributed by atoms with van der Waals surface area (Å²) in [6.45, 7) is 0.495. The molecule has 0 radical (unpaired) electrons. The van der Waals surface area contributed by atoms with Crippen molar-refractivity contribution in [2.45, 2.75) is 13.0 Å². The average Bonchev–Trinajstić information content (AvgIpc) is 2.26. The predicted molar refractivity (Wildman–Crippen MR) is 66.0 cm³/mol. The van der Waals surface area contributed by atoms with Crippen molar-refractivity contribution in [3.8, 4) is 0 Å². The van der Waals surface area contributed by atoms with E-state index in [9.17, 15) is 4.79 Å². The van der Waals surface area contributed by atoms with E-state index in [0.717, 1.165) is 17.0 Å². The van der Waals surface area contributed by atoms with Crippen molar-refractivity contribution >= 4 is 23.4 Å². The second-order valence-corrected chi connectivity index (χ2v) is 4.18. The molecule has 0 fully saturated rings. The third-order valence-electron chi connectivity index (χ3n) is 1.98. The lowest BCUT2D eigenvalue weighted by molar-refractivity contribution is -0.115. The van der Waals surface area contributed by atoms with Gasteiger partial charge in [0.1, 0.15) is 0 Å². The van der Waals surface area contributed by atoms with Gasteiger partial charge in [-0.1, -0.05) is 12.1 Å². The fourth-order valence-electron chi connectivity index (χ4n) is 1.19. The van der Waals surface area contributed by atoms with Crippen LogP contribution in [0.25, 0.3) is 0 Å². The van der Waals surface area contributed by atoms with Crippen LogP contribution in [0.2, 0.25) is 0 Å². The van der Waals surface area contributed by atoms with Crippen LogP contribution in [-0.2, 0) is 11.3 Å². The number of hydrogen-bond acceptors (Lipinski definition) is 3. The Morgan fingerprint density at radius 2 is 2.33 bits per heavy atom. The molecule has 3 nitrogen and oxygen atoms in total. The highest BCUT2D eigenvalue weighted by Gasteiger charge is 2.01. The van der Waals surface area contributed by atoms with E-state index in [-0.39, 0.29) is 5.91 Å². The van der Waals surface area contributed by atoms with Gasteiger partial charge < -0.3 is 11.1 Å². The zero-order chi connectivity index (χ0) is 11.1. The Balaban J connectivity index is 2.52. The van der Waals surface area contributed by atoms with Gasteiger partial charge in [0, 0.05) is 24.4 Å². The lowest BCUT2D eigenvalue weighted by atomic mass is 10.2. The summed E-state index contributed by atoms with van der Waals surface area (Å²) in [6.07, 6.45) is 2.54. The van der Waals surface area contributed by atoms with E-state index < -0.39 is 0 Å². The van der Waals surface area contributed by atoms with Crippen LogP contribution in [0.4, 0.5) is 5.69 Å². The van der Waals surface area contributed by atoms with Crippen molar-refractivity contribution in [3.63, 3.8) is 0 Å². The Bertz CT molecular complexity index is 328. The van der Waals surface area contributed by atoms with E-state index in [4.69, 9.17) is 5.73 Å². The van der Waals surface area contributed by atoms with Gasteiger partial charge in [0.2, 0.25) is 5.91 Å². The zero-order valence-corrected chi connectivity index (χ0v) is 9.64. The first kappa shape index (κ1) is 12.1. The van der Waals surface area contributed by atoms with Gasteiger partial charge in [-0.15, -0.1) is 0 Å². The molecule has 0 saturated carbocycles. The highest BCUT2D eigenvalue weighted by Crippen LogP contribution is 2.10. The molecule has 0 aliphatic carbocycles. The Labute approximate surface area is 94.4 Å². The summed E-state index contributed by atoms with van der Waals surface area (Å²) in [4.78, 5) is 11.4. The van der Waals surface area contributed by atoms with Gasteiger partial charge in [0.15, 0.2) is 0 Å². The summed E-state index contributed by atoms with van der Waals surface area (Å²) in [5.41, 5.74) is 7.36. The molecule has 0 atom stereocenters. The van der Waals surface area contributed by atoms with E-state index in [2.05, 4.69) is 5.32 Å². The molecule has 0 aliphatic heterocycles. The molecule has 0 bridgehead atoms. The van der Waals surface area contributed by atoms with Crippen molar-refractivity contribution in [2.75, 3.05) is 17.3 Å². The smallest absolute Gasteiger partial charge is 0.225 e. The van der Waals surface area contributed by atoms with E-state index >= 15 is 0 Å². The predicted octanol–water partition coefficient (Wildman–Crippen LogP) is 1.84. The number of benzene rings is 1. The van der Waals surface area contributed by atoms with Gasteiger partial charge in [-0.05, 0) is 24.0 Å². The molecule has 15 heavy (non-hydrogen) atoms. The quantitative estimate of drug-likeness (QED) is 0.802. The SMILES string of the molecule is CSCCC(=O)Nc1cccc(CN)c1. The van der Waals surface area contributed by atoms with E-state index in [1.807, 2.05) is 30.5 Å². The van der Waals surface area contributed by atoms with Crippen molar-refractivity contribution in [2.24, 2.45) is 5.73 Å². The fourth-order valence-corrected chi connectivity index (χ4v) is 1.58. The van der Waals surface area contributed by atoms with Crippen LogP contribution in [0.15, 0.2) is 24.3 Å². The Hall–Kier alpha value is -1.00. The molecule has 82 valence electrons. The first-order chi connectivity index (χ1) is 7.26. The van der Waals surface area contributed by atoms with Crippen molar-refractivity contribution in [3.05, 3.63) is 29.8 Å². The summed E-state index contributed by atoms with van der Waals surface area (Å²) in [6, 6.07) is 7.61. The number of hydrogen-bond donors (Lipinski definition) is 2. The van der Waals surface area contributed by atoms with Gasteiger partial charge >= 0.3 is 0 Å². The van der Waals surface area contributed by atoms with Crippen molar-refractivity contribution < 1.29 is 4.79 Å². The average molecular weight is 224 g/mol. The first-order valence-corrected chi connectivity index (χ1v) is 6.23. The standard InChI is InChI=1S/C11H16N2OS/c1-15-6-5-11(14)13-10-4-2-3-9(7-10)8-12/h2-4,7H,5-6,8,12H2,1H3,(H,13,14). The van der Waals surface area contributed by atoms with E-state index in [1.54, 1.807) is 11.8 Å². The minimum absolute atomic E-state index is 0.0542. The minimum atomic E-state index is 0.0542. The molecule has 1 amide bonds. The maximum absolute atomic E-state index is 11.4. The molecule has 0 unspecified atom stereocenters. The molecule has 4 heteroatoms. The van der Waals surface area contributed by atoms with Crippen LogP contribution in [0.3, 0.4) is 0 Å². The molecular weight excluding hydrogens is 208 g/mol. The second-order valence-electron chi connectivity index (χ2n) is 3.20. The van der Waals surface area contributed by atoms with E-state index in [1.165, 1.54) is 0 Å². The molecule has 3 N–H and O–H groups in total. The van der Waals surface area contributed by atoms with Crippen LogP contribution >= 0.6 is 11.8 Å². The molecule has 0 aromatic heterocycles. The van der Waals surface area contributed by atoms with Gasteiger partial charge in [-0.3, -0.25) is 4.79 Å². The molecular formula is C11H16N2OS. The molecule has 1 aromatic rings. The highest BCUT2D eigenvalue weighted by atomic mass is 32.2. The summed E-state index contributed by atoms with van der Waals surface area (Å²) in [5.74, 6) is 0.904. The third kappa shape index (κ3) is 4.36. The number of rotatable bonds is 5. The topological polar surface area (TPSA) is 55.1 Å². The largest absolute Gasteiger partial charge is 0.326 e. The Kier molecular flexibility index (Phi) is 5.21. The van der Waals surface area contributed by atoms with Crippen LogP contribution in [-0.4, -0.2) is 17.9 Å². The third-order valence-corrected chi connectivity index (χ3v) is 2.59. The number of amides is 1. The van der Waals surface area contributed by atoms with Crippen LogP contribution < -0.4 is 11.1 Å². The molecule has 1 aromatic carbocycles. The number of nitrogens with two attached hydrogens (primary N) is 1. The van der Waals surface area contributed by atoms with Crippen molar-refractivity contribution in [1.82, 2.24) is 0 Å². The molecule has 1 rings (SSSR count). The summed E-state index contributed by atoms with van der Waals surface area (Å²) >= 11 is 1.67. The summed E-state index contributed by atoms with van der Waals surface area (Å²) in [5, 5.41) is 2.84. The number of anilines is 1. The van der Waals surface area contributed by atoms with Crippen LogP contribution in [0, 0.1) is 0 Å². The number of carbonyl (C=O) groups excluding carboxylic acids is 1. The van der Waals surface area contributed by atoms with Gasteiger partial charge in [0.05, 0.1) is 0 Å². The lowest BCUT2D eigenvalue weighted by Gasteiger charge is -2.05. The van der Waals surface area contributed by atoms with Gasteiger partial charge in [0.25, 0.3) is 0 Å². The maximum Gasteiger partial charge on any atom is 0.225 e. The number of thioether (sulfide) groups is 1. The molecule has 0 spiro atoms. The molecule has 0 aliphatic rings. The molecule has 0 heterocycles. The van der Waals surface area contributed by atoms with E-state index in [0.29, 0.717) is 13.0 Å². The lowest BCUT2D eigenvalue weighted by Crippen LogP contribution is -2.12. The fraction of sp³-hybridized carbons (Fsp3) is 0.364. The van der Waals surface area contributed by atoms with Crippen LogP contribution in [0.5, 0.6) is 0 Å².